The van der Waals surface area contributed by atoms with E-state index in [-0.39, 0.29) is 23.6 Å². The zero-order chi connectivity index (χ0) is 24.8. The van der Waals surface area contributed by atoms with Crippen molar-refractivity contribution in [1.29, 1.82) is 0 Å². The quantitative estimate of drug-likeness (QED) is 0.422. The predicted octanol–water partition coefficient (Wildman–Crippen LogP) is 4.48. The van der Waals surface area contributed by atoms with E-state index in [0.29, 0.717) is 67.0 Å². The molecule has 1 aliphatic rings. The van der Waals surface area contributed by atoms with Crippen LogP contribution in [0.5, 0.6) is 16.7 Å². The molecule has 0 N–H and O–H groups in total. The highest BCUT2D eigenvalue weighted by Gasteiger charge is 2.29. The fraction of sp³-hybridized carbons (Fsp3) is 0.360. The number of amides is 1. The minimum Gasteiger partial charge on any atom is -0.493 e. The Bertz CT molecular complexity index is 1180. The van der Waals surface area contributed by atoms with Gasteiger partial charge < -0.3 is 19.1 Å². The molecule has 3 aromatic rings. The number of carbonyl (C=O) groups is 2. The van der Waals surface area contributed by atoms with Crippen LogP contribution in [0.4, 0.5) is 4.39 Å². The van der Waals surface area contributed by atoms with Gasteiger partial charge in [0.1, 0.15) is 5.82 Å². The molecule has 35 heavy (non-hydrogen) atoms. The van der Waals surface area contributed by atoms with Gasteiger partial charge in [-0.25, -0.2) is 4.39 Å². The lowest BCUT2D eigenvalue weighted by Crippen LogP contribution is -2.40. The summed E-state index contributed by atoms with van der Waals surface area (Å²) in [6.07, 6.45) is 1.59. The first-order valence-electron chi connectivity index (χ1n) is 11.4. The van der Waals surface area contributed by atoms with Gasteiger partial charge in [-0.15, -0.1) is 0 Å². The van der Waals surface area contributed by atoms with Crippen LogP contribution in [0.3, 0.4) is 0 Å². The Morgan fingerprint density at radius 1 is 1.11 bits per heavy atom. The molecule has 0 radical (unpaired) electrons. The Labute approximate surface area is 206 Å². The molecule has 0 unspecified atom stereocenters. The van der Waals surface area contributed by atoms with Crippen LogP contribution < -0.4 is 9.47 Å². The summed E-state index contributed by atoms with van der Waals surface area (Å²) in [6, 6.07) is 11.1. The van der Waals surface area contributed by atoms with Crippen molar-refractivity contribution in [3.8, 4) is 16.7 Å². The van der Waals surface area contributed by atoms with Gasteiger partial charge in [-0.3, -0.25) is 9.59 Å². The maximum absolute atomic E-state index is 13.1. The topological polar surface area (TPSA) is 90.9 Å². The third-order valence-electron chi connectivity index (χ3n) is 5.73. The fourth-order valence-electron chi connectivity index (χ4n) is 3.88. The summed E-state index contributed by atoms with van der Waals surface area (Å²) >= 11 is 1.08. The van der Waals surface area contributed by atoms with Crippen molar-refractivity contribution >= 4 is 23.4 Å². The average Bonchev–Trinajstić information content (AvgIpc) is 3.31. The molecule has 0 bridgehead atoms. The molecule has 4 rings (SSSR count). The number of piperidine rings is 1. The van der Waals surface area contributed by atoms with Crippen LogP contribution in [0.2, 0.25) is 0 Å². The van der Waals surface area contributed by atoms with E-state index in [0.717, 1.165) is 17.1 Å². The largest absolute Gasteiger partial charge is 0.493 e. The van der Waals surface area contributed by atoms with E-state index < -0.39 is 0 Å². The van der Waals surface area contributed by atoms with Crippen LogP contribution in [0, 0.1) is 11.7 Å². The monoisotopic (exact) mass is 499 g/mol. The van der Waals surface area contributed by atoms with E-state index in [1.54, 1.807) is 42.2 Å². The van der Waals surface area contributed by atoms with Crippen LogP contribution in [0.15, 0.2) is 42.5 Å². The zero-order valence-corrected chi connectivity index (χ0v) is 20.3. The number of methoxy groups -OCH3 is 1. The lowest BCUT2D eigenvalue weighted by molar-refractivity contribution is -0.149. The Balaban J connectivity index is 1.43. The highest BCUT2D eigenvalue weighted by Crippen LogP contribution is 2.34. The summed E-state index contributed by atoms with van der Waals surface area (Å²) in [4.78, 5) is 31.2. The van der Waals surface area contributed by atoms with Crippen LogP contribution in [-0.2, 0) is 16.0 Å². The average molecular weight is 500 g/mol. The zero-order valence-electron chi connectivity index (χ0n) is 19.5. The Hall–Kier alpha value is -3.53. The number of nitrogens with zero attached hydrogens (tertiary/aromatic N) is 3. The maximum Gasteiger partial charge on any atom is 0.309 e. The number of rotatable bonds is 8. The standard InChI is InChI=1S/C25H26FN3O5S/c1-3-33-24(31)17-10-12-29(13-11-17)23(30)18-6-9-20(32-2)21(15-18)34-25-27-22(28-35-25)14-16-4-7-19(26)8-5-16/h4-9,15,17H,3,10-14H2,1-2H3. The normalized spacial score (nSPS) is 14.0. The van der Waals surface area contributed by atoms with Crippen molar-refractivity contribution in [1.82, 2.24) is 14.3 Å². The number of esters is 1. The van der Waals surface area contributed by atoms with Crippen molar-refractivity contribution in [3.05, 3.63) is 65.2 Å². The van der Waals surface area contributed by atoms with Gasteiger partial charge in [0.05, 0.1) is 19.6 Å². The fourth-order valence-corrected chi connectivity index (χ4v) is 4.44. The molecule has 1 fully saturated rings. The van der Waals surface area contributed by atoms with E-state index in [4.69, 9.17) is 14.2 Å². The number of aromatic nitrogens is 2. The summed E-state index contributed by atoms with van der Waals surface area (Å²) in [6.45, 7) is 3.10. The molecular weight excluding hydrogens is 473 g/mol. The second-order valence-corrected chi connectivity index (χ2v) is 8.78. The van der Waals surface area contributed by atoms with E-state index in [9.17, 15) is 14.0 Å². The van der Waals surface area contributed by atoms with Crippen LogP contribution in [0.1, 0.15) is 41.5 Å². The van der Waals surface area contributed by atoms with Crippen LogP contribution in [-0.4, -0.2) is 52.9 Å². The molecule has 1 amide bonds. The molecule has 0 atom stereocenters. The van der Waals surface area contributed by atoms with Gasteiger partial charge in [0.15, 0.2) is 17.3 Å². The Kier molecular flexibility index (Phi) is 7.91. The number of halogens is 1. The van der Waals surface area contributed by atoms with Crippen LogP contribution in [0.25, 0.3) is 0 Å². The molecule has 0 spiro atoms. The minimum atomic E-state index is -0.297. The number of hydrogen-bond acceptors (Lipinski definition) is 8. The molecule has 0 saturated carbocycles. The van der Waals surface area contributed by atoms with Crippen molar-refractivity contribution in [2.45, 2.75) is 26.2 Å². The first-order valence-corrected chi connectivity index (χ1v) is 12.1. The second kappa shape index (κ2) is 11.3. The minimum absolute atomic E-state index is 0.144. The highest BCUT2D eigenvalue weighted by atomic mass is 32.1. The number of carbonyl (C=O) groups excluding carboxylic acids is 2. The third kappa shape index (κ3) is 6.13. The van der Waals surface area contributed by atoms with Crippen molar-refractivity contribution in [3.63, 3.8) is 0 Å². The molecule has 8 nitrogen and oxygen atoms in total. The SMILES string of the molecule is CCOC(=O)C1CCN(C(=O)c2ccc(OC)c(Oc3nc(Cc4ccc(F)cc4)ns3)c2)CC1. The molecule has 2 heterocycles. The maximum atomic E-state index is 13.1. The van der Waals surface area contributed by atoms with Crippen LogP contribution >= 0.6 is 11.5 Å². The molecule has 1 aromatic heterocycles. The van der Waals surface area contributed by atoms with Gasteiger partial charge in [-0.1, -0.05) is 12.1 Å². The number of benzene rings is 2. The smallest absolute Gasteiger partial charge is 0.309 e. The Morgan fingerprint density at radius 3 is 2.54 bits per heavy atom. The van der Waals surface area contributed by atoms with Gasteiger partial charge in [0, 0.05) is 36.6 Å². The van der Waals surface area contributed by atoms with Gasteiger partial charge >= 0.3 is 5.97 Å². The predicted molar refractivity (Wildman–Crippen MR) is 127 cm³/mol. The molecule has 2 aromatic carbocycles. The van der Waals surface area contributed by atoms with Crippen molar-refractivity contribution in [2.24, 2.45) is 5.92 Å². The van der Waals surface area contributed by atoms with E-state index in [1.807, 2.05) is 0 Å². The molecule has 0 aliphatic carbocycles. The van der Waals surface area contributed by atoms with E-state index >= 15 is 0 Å². The summed E-state index contributed by atoms with van der Waals surface area (Å²) in [5.74, 6) is 0.545. The number of ether oxygens (including phenoxy) is 3. The van der Waals surface area contributed by atoms with Gasteiger partial charge in [0.2, 0.25) is 0 Å². The molecule has 184 valence electrons. The summed E-state index contributed by atoms with van der Waals surface area (Å²) in [5.41, 5.74) is 1.33. The van der Waals surface area contributed by atoms with Crippen molar-refractivity contribution < 1.29 is 28.2 Å². The Morgan fingerprint density at radius 2 is 1.86 bits per heavy atom. The van der Waals surface area contributed by atoms with Gasteiger partial charge in [-0.2, -0.15) is 9.36 Å². The van der Waals surface area contributed by atoms with Gasteiger partial charge in [0.25, 0.3) is 11.1 Å². The summed E-state index contributed by atoms with van der Waals surface area (Å²) in [7, 11) is 1.52. The highest BCUT2D eigenvalue weighted by molar-refractivity contribution is 7.07. The number of likely N-dealkylation sites (tertiary alicyclic amines) is 1. The molecular formula is C25H26FN3O5S. The third-order valence-corrected chi connectivity index (χ3v) is 6.37. The van der Waals surface area contributed by atoms with Gasteiger partial charge in [-0.05, 0) is 55.7 Å². The molecule has 1 aliphatic heterocycles. The van der Waals surface area contributed by atoms with Crippen molar-refractivity contribution in [2.75, 3.05) is 26.8 Å². The first kappa shape index (κ1) is 24.6. The second-order valence-electron chi connectivity index (χ2n) is 8.07. The molecule has 1 saturated heterocycles. The summed E-state index contributed by atoms with van der Waals surface area (Å²) < 4.78 is 33.8. The summed E-state index contributed by atoms with van der Waals surface area (Å²) in [5, 5.41) is 0.306. The molecule has 10 heteroatoms. The lowest BCUT2D eigenvalue weighted by Gasteiger charge is -2.31. The van der Waals surface area contributed by atoms with E-state index in [2.05, 4.69) is 9.36 Å². The lowest BCUT2D eigenvalue weighted by atomic mass is 9.96. The van der Waals surface area contributed by atoms with E-state index in [1.165, 1.54) is 19.2 Å². The number of hydrogen-bond donors (Lipinski definition) is 0. The first-order chi connectivity index (χ1) is 17.0.